The van der Waals surface area contributed by atoms with Crippen LogP contribution in [0, 0.1) is 11.3 Å². The number of hydrogen-bond acceptors (Lipinski definition) is 2. The highest BCUT2D eigenvalue weighted by atomic mass is 35.5. The van der Waals surface area contributed by atoms with Gasteiger partial charge in [0.05, 0.1) is 22.3 Å². The number of alkyl halides is 2. The Kier molecular flexibility index (Phi) is 3.58. The average molecular weight is 231 g/mol. The zero-order valence-corrected chi connectivity index (χ0v) is 8.05. The molecule has 0 aliphatic rings. The molecule has 1 amide bonds. The Morgan fingerprint density at radius 1 is 1.53 bits per heavy atom. The van der Waals surface area contributed by atoms with Crippen LogP contribution in [-0.4, -0.2) is 12.3 Å². The van der Waals surface area contributed by atoms with E-state index in [1.807, 2.05) is 5.32 Å². The van der Waals surface area contributed by atoms with E-state index in [4.69, 9.17) is 16.9 Å². The first-order valence-electron chi connectivity index (χ1n) is 3.83. The number of nitriles is 1. The van der Waals surface area contributed by atoms with Crippen molar-refractivity contribution in [1.29, 1.82) is 5.26 Å². The highest BCUT2D eigenvalue weighted by Gasteiger charge is 2.16. The van der Waals surface area contributed by atoms with Crippen molar-refractivity contribution in [3.8, 4) is 6.07 Å². The molecule has 0 unspecified atom stereocenters. The van der Waals surface area contributed by atoms with Crippen LogP contribution in [0.25, 0.3) is 0 Å². The molecule has 1 rings (SSSR count). The summed E-state index contributed by atoms with van der Waals surface area (Å²) in [5, 5.41) is 10.6. The Hall–Kier alpha value is -1.67. The van der Waals surface area contributed by atoms with E-state index in [1.165, 1.54) is 18.2 Å². The molecule has 6 heteroatoms. The van der Waals surface area contributed by atoms with Crippen molar-refractivity contribution < 1.29 is 13.6 Å². The third-order valence-corrected chi connectivity index (χ3v) is 1.88. The molecule has 0 radical (unpaired) electrons. The highest BCUT2D eigenvalue weighted by molar-refractivity contribution is 6.33. The van der Waals surface area contributed by atoms with Crippen LogP contribution in [0.2, 0.25) is 5.02 Å². The minimum atomic E-state index is -3.12. The molecule has 0 fully saturated rings. The normalized spacial score (nSPS) is 9.80. The van der Waals surface area contributed by atoms with Crippen LogP contribution in [0.5, 0.6) is 0 Å². The maximum absolute atomic E-state index is 11.9. The number of nitrogens with one attached hydrogen (secondary N) is 1. The number of hydrogen-bond donors (Lipinski definition) is 1. The molecule has 0 bridgehead atoms. The first-order valence-corrected chi connectivity index (χ1v) is 4.21. The van der Waals surface area contributed by atoms with E-state index in [9.17, 15) is 13.6 Å². The second kappa shape index (κ2) is 4.71. The second-order valence-electron chi connectivity index (χ2n) is 2.60. The van der Waals surface area contributed by atoms with Gasteiger partial charge >= 0.3 is 6.43 Å². The largest absolute Gasteiger partial charge is 0.320 e. The van der Waals surface area contributed by atoms with Crippen LogP contribution < -0.4 is 5.32 Å². The zero-order chi connectivity index (χ0) is 11.4. The molecule has 1 aromatic rings. The molecule has 0 saturated heterocycles. The summed E-state index contributed by atoms with van der Waals surface area (Å²) >= 11 is 5.63. The van der Waals surface area contributed by atoms with Crippen molar-refractivity contribution in [3.63, 3.8) is 0 Å². The van der Waals surface area contributed by atoms with Gasteiger partial charge in [0.15, 0.2) is 0 Å². The smallest absolute Gasteiger partial charge is 0.315 e. The summed E-state index contributed by atoms with van der Waals surface area (Å²) in [5.74, 6) is -1.45. The fourth-order valence-electron chi connectivity index (χ4n) is 0.878. The summed E-state index contributed by atoms with van der Waals surface area (Å²) in [6.45, 7) is 0. The summed E-state index contributed by atoms with van der Waals surface area (Å²) in [4.78, 5) is 10.7. The fraction of sp³-hybridized carbons (Fsp3) is 0.111. The van der Waals surface area contributed by atoms with Crippen molar-refractivity contribution in [2.45, 2.75) is 6.43 Å². The van der Waals surface area contributed by atoms with Crippen LogP contribution in [-0.2, 0) is 4.79 Å². The van der Waals surface area contributed by atoms with Crippen molar-refractivity contribution in [3.05, 3.63) is 28.8 Å². The summed E-state index contributed by atoms with van der Waals surface area (Å²) < 4.78 is 23.8. The van der Waals surface area contributed by atoms with Crippen LogP contribution >= 0.6 is 11.6 Å². The molecular weight excluding hydrogens is 226 g/mol. The van der Waals surface area contributed by atoms with Crippen molar-refractivity contribution in [1.82, 2.24) is 0 Å². The molecule has 15 heavy (non-hydrogen) atoms. The number of nitrogens with zero attached hydrogens (tertiary/aromatic N) is 1. The van der Waals surface area contributed by atoms with Crippen molar-refractivity contribution >= 4 is 23.2 Å². The van der Waals surface area contributed by atoms with Crippen LogP contribution in [0.3, 0.4) is 0 Å². The molecule has 1 N–H and O–H groups in total. The SMILES string of the molecule is N#Cc1ccc(Cl)c(NC(=O)C(F)F)c1. The van der Waals surface area contributed by atoms with Gasteiger partial charge in [-0.25, -0.2) is 0 Å². The van der Waals surface area contributed by atoms with E-state index < -0.39 is 12.3 Å². The number of halogens is 3. The Balaban J connectivity index is 2.94. The number of rotatable bonds is 2. The minimum absolute atomic E-state index is 0.000941. The lowest BCUT2D eigenvalue weighted by molar-refractivity contribution is -0.126. The van der Waals surface area contributed by atoms with E-state index in [-0.39, 0.29) is 16.3 Å². The first kappa shape index (κ1) is 11.4. The van der Waals surface area contributed by atoms with Gasteiger partial charge in [0, 0.05) is 0 Å². The standard InChI is InChI=1S/C9H5ClF2N2O/c10-6-2-1-5(4-13)3-7(6)14-9(15)8(11)12/h1-3,8H,(H,14,15). The zero-order valence-electron chi connectivity index (χ0n) is 7.30. The first-order chi connectivity index (χ1) is 7.04. The topological polar surface area (TPSA) is 52.9 Å². The molecule has 1 aromatic carbocycles. The number of anilines is 1. The molecule has 78 valence electrons. The molecule has 0 saturated carbocycles. The summed E-state index contributed by atoms with van der Waals surface area (Å²) in [6, 6.07) is 5.79. The molecule has 0 spiro atoms. The Labute approximate surface area is 89.3 Å². The van der Waals surface area contributed by atoms with Gasteiger partial charge < -0.3 is 5.32 Å². The lowest BCUT2D eigenvalue weighted by Crippen LogP contribution is -2.20. The van der Waals surface area contributed by atoms with E-state index in [0.29, 0.717) is 0 Å². The lowest BCUT2D eigenvalue weighted by Gasteiger charge is -2.06. The van der Waals surface area contributed by atoms with Gasteiger partial charge in [-0.05, 0) is 18.2 Å². The van der Waals surface area contributed by atoms with E-state index in [0.717, 1.165) is 0 Å². The Morgan fingerprint density at radius 2 is 2.20 bits per heavy atom. The van der Waals surface area contributed by atoms with E-state index in [2.05, 4.69) is 0 Å². The number of carbonyl (C=O) groups excluding carboxylic acids is 1. The van der Waals surface area contributed by atoms with E-state index in [1.54, 1.807) is 6.07 Å². The third-order valence-electron chi connectivity index (χ3n) is 1.55. The summed E-state index contributed by atoms with van der Waals surface area (Å²) in [6.07, 6.45) is -3.12. The average Bonchev–Trinajstić information content (AvgIpc) is 2.21. The maximum atomic E-state index is 11.9. The van der Waals surface area contributed by atoms with Gasteiger partial charge in [-0.3, -0.25) is 4.79 Å². The van der Waals surface area contributed by atoms with Gasteiger partial charge in [0.1, 0.15) is 0 Å². The summed E-state index contributed by atoms with van der Waals surface area (Å²) in [7, 11) is 0. The fourth-order valence-corrected chi connectivity index (χ4v) is 1.04. The van der Waals surface area contributed by atoms with E-state index >= 15 is 0 Å². The van der Waals surface area contributed by atoms with Crippen LogP contribution in [0.4, 0.5) is 14.5 Å². The van der Waals surface area contributed by atoms with Gasteiger partial charge in [-0.1, -0.05) is 11.6 Å². The number of benzene rings is 1. The quantitative estimate of drug-likeness (QED) is 0.848. The maximum Gasteiger partial charge on any atom is 0.315 e. The molecule has 0 aromatic heterocycles. The Bertz CT molecular complexity index is 429. The predicted molar refractivity (Wildman–Crippen MR) is 50.8 cm³/mol. The highest BCUT2D eigenvalue weighted by Crippen LogP contribution is 2.23. The molecule has 0 aliphatic heterocycles. The van der Waals surface area contributed by atoms with Crippen LogP contribution in [0.1, 0.15) is 5.56 Å². The van der Waals surface area contributed by atoms with Gasteiger partial charge in [-0.2, -0.15) is 14.0 Å². The van der Waals surface area contributed by atoms with Gasteiger partial charge in [0.25, 0.3) is 5.91 Å². The van der Waals surface area contributed by atoms with Gasteiger partial charge in [-0.15, -0.1) is 0 Å². The third kappa shape index (κ3) is 2.89. The molecule has 0 aliphatic carbocycles. The van der Waals surface area contributed by atoms with Crippen molar-refractivity contribution in [2.75, 3.05) is 5.32 Å². The molecular formula is C9H5ClF2N2O. The minimum Gasteiger partial charge on any atom is -0.320 e. The molecule has 0 heterocycles. The van der Waals surface area contributed by atoms with Crippen LogP contribution in [0.15, 0.2) is 18.2 Å². The number of carbonyl (C=O) groups is 1. The molecule has 0 atom stereocenters. The summed E-state index contributed by atoms with van der Waals surface area (Å²) in [5.41, 5.74) is 0.227. The van der Waals surface area contributed by atoms with Crippen molar-refractivity contribution in [2.24, 2.45) is 0 Å². The second-order valence-corrected chi connectivity index (χ2v) is 3.00. The monoisotopic (exact) mass is 230 g/mol. The Morgan fingerprint density at radius 3 is 2.73 bits per heavy atom. The molecule has 3 nitrogen and oxygen atoms in total. The van der Waals surface area contributed by atoms with Gasteiger partial charge in [0.2, 0.25) is 0 Å². The predicted octanol–water partition coefficient (Wildman–Crippen LogP) is 2.42. The lowest BCUT2D eigenvalue weighted by atomic mass is 10.2. The number of amides is 1.